The first kappa shape index (κ1) is 22.8. The zero-order chi connectivity index (χ0) is 23.8. The van der Waals surface area contributed by atoms with E-state index in [4.69, 9.17) is 0 Å². The molecule has 2 heterocycles. The first-order valence-electron chi connectivity index (χ1n) is 10.6. The summed E-state index contributed by atoms with van der Waals surface area (Å²) >= 11 is 0. The van der Waals surface area contributed by atoms with Gasteiger partial charge in [-0.3, -0.25) is 4.79 Å². The minimum Gasteiger partial charge on any atom is -0.418 e. The van der Waals surface area contributed by atoms with Crippen LogP contribution in [-0.2, 0) is 12.0 Å². The van der Waals surface area contributed by atoms with Gasteiger partial charge in [-0.05, 0) is 24.6 Å². The third kappa shape index (κ3) is 4.42. The Labute approximate surface area is 190 Å². The number of rotatable bonds is 2. The highest BCUT2D eigenvalue weighted by Crippen LogP contribution is 2.44. The van der Waals surface area contributed by atoms with Gasteiger partial charge >= 0.3 is 7.25 Å². The number of carbonyl (C=O) groups is 1. The molecule has 3 aromatic rings. The molecule has 0 spiro atoms. The predicted octanol–water partition coefficient (Wildman–Crippen LogP) is 5.68. The summed E-state index contributed by atoms with van der Waals surface area (Å²) in [6, 6.07) is 26.9. The highest BCUT2D eigenvalue weighted by Gasteiger charge is 2.52. The zero-order valence-electron chi connectivity index (χ0n) is 18.3. The van der Waals surface area contributed by atoms with Gasteiger partial charge in [0.25, 0.3) is 5.91 Å². The molecule has 1 atom stereocenters. The molecule has 0 aromatic heterocycles. The monoisotopic (exact) mass is 454 g/mol. The third-order valence-electron chi connectivity index (χ3n) is 6.14. The van der Waals surface area contributed by atoms with E-state index in [2.05, 4.69) is 61.0 Å². The Morgan fingerprint density at radius 2 is 1.42 bits per heavy atom. The molecule has 170 valence electrons. The van der Waals surface area contributed by atoms with Crippen molar-refractivity contribution in [1.82, 2.24) is 4.90 Å². The minimum atomic E-state index is -6.00. The molecule has 0 bridgehead atoms. The summed E-state index contributed by atoms with van der Waals surface area (Å²) in [6.45, 7) is 3.55. The quantitative estimate of drug-likeness (QED) is 0.278. The van der Waals surface area contributed by atoms with Crippen LogP contribution in [0, 0.1) is 0 Å². The van der Waals surface area contributed by atoms with Crippen LogP contribution < -0.4 is 0 Å². The van der Waals surface area contributed by atoms with E-state index in [-0.39, 0.29) is 11.3 Å². The van der Waals surface area contributed by atoms with Gasteiger partial charge in [0.1, 0.15) is 12.5 Å². The number of hydrogen-bond donors (Lipinski definition) is 0. The fourth-order valence-electron chi connectivity index (χ4n) is 4.92. The molecule has 3 nitrogen and oxygen atoms in total. The van der Waals surface area contributed by atoms with Crippen molar-refractivity contribution >= 4 is 24.6 Å². The molecule has 1 amide bonds. The first-order valence-corrected chi connectivity index (χ1v) is 10.6. The summed E-state index contributed by atoms with van der Waals surface area (Å²) in [5.41, 5.74) is 6.47. The average molecular weight is 454 g/mol. The molecule has 3 aromatic carbocycles. The van der Waals surface area contributed by atoms with Crippen molar-refractivity contribution in [3.63, 3.8) is 0 Å². The number of carbonyl (C=O) groups excluding carboxylic acids is 1. The lowest BCUT2D eigenvalue weighted by Gasteiger charge is -2.29. The lowest BCUT2D eigenvalue weighted by Crippen LogP contribution is -2.43. The largest absolute Gasteiger partial charge is 0.673 e. The number of fused-ring (bicyclic) bond motifs is 5. The fraction of sp³-hybridized carbons (Fsp3) is 0.200. The van der Waals surface area contributed by atoms with Crippen LogP contribution in [0.2, 0.25) is 0 Å². The fourth-order valence-corrected chi connectivity index (χ4v) is 4.92. The van der Waals surface area contributed by atoms with Crippen molar-refractivity contribution in [2.24, 2.45) is 0 Å². The standard InChI is InChI=1S/C25H23N2O.BF4/c1-25-17-27(16-18-10-4-3-5-11-18)24(28)20-13-7-6-12-19(20)23(25)26(2)22-15-9-8-14-21(22)25;2-1(3,4)5/h3-15H,16-17H2,1-2H3;/q+1;-1/t25-;/m0./s1. The van der Waals surface area contributed by atoms with Crippen molar-refractivity contribution in [1.29, 1.82) is 0 Å². The van der Waals surface area contributed by atoms with E-state index in [9.17, 15) is 22.1 Å². The molecular weight excluding hydrogens is 431 g/mol. The Balaban J connectivity index is 0.000000471. The maximum absolute atomic E-state index is 13.5. The molecule has 0 radical (unpaired) electrons. The Bertz CT molecular complexity index is 1220. The Kier molecular flexibility index (Phi) is 5.86. The molecule has 2 aliphatic heterocycles. The van der Waals surface area contributed by atoms with Gasteiger partial charge in [-0.25, -0.2) is 0 Å². The summed E-state index contributed by atoms with van der Waals surface area (Å²) in [6.07, 6.45) is 0. The van der Waals surface area contributed by atoms with E-state index in [1.807, 2.05) is 41.3 Å². The molecule has 5 rings (SSSR count). The summed E-state index contributed by atoms with van der Waals surface area (Å²) in [5.74, 6) is 0.105. The van der Waals surface area contributed by atoms with Gasteiger partial charge in [-0.1, -0.05) is 60.7 Å². The highest BCUT2D eigenvalue weighted by molar-refractivity contribution is 6.50. The minimum absolute atomic E-state index is 0.105. The van der Waals surface area contributed by atoms with E-state index in [1.165, 1.54) is 17.0 Å². The second-order valence-corrected chi connectivity index (χ2v) is 8.44. The van der Waals surface area contributed by atoms with Gasteiger partial charge in [-0.15, -0.1) is 0 Å². The number of hydrogen-bond acceptors (Lipinski definition) is 1. The lowest BCUT2D eigenvalue weighted by atomic mass is 9.77. The molecule has 0 saturated carbocycles. The van der Waals surface area contributed by atoms with Crippen LogP contribution in [0.4, 0.5) is 23.0 Å². The molecule has 0 N–H and O–H groups in total. The van der Waals surface area contributed by atoms with Crippen LogP contribution in [0.3, 0.4) is 0 Å². The van der Waals surface area contributed by atoms with Crippen molar-refractivity contribution < 1.29 is 26.6 Å². The van der Waals surface area contributed by atoms with Crippen LogP contribution in [0.5, 0.6) is 0 Å². The van der Waals surface area contributed by atoms with Crippen LogP contribution in [0.25, 0.3) is 0 Å². The second-order valence-electron chi connectivity index (χ2n) is 8.44. The molecule has 33 heavy (non-hydrogen) atoms. The van der Waals surface area contributed by atoms with Crippen LogP contribution in [0.1, 0.15) is 34.0 Å². The second kappa shape index (κ2) is 8.50. The van der Waals surface area contributed by atoms with Crippen molar-refractivity contribution in [2.75, 3.05) is 13.6 Å². The predicted molar refractivity (Wildman–Crippen MR) is 122 cm³/mol. The molecule has 0 unspecified atom stereocenters. The van der Waals surface area contributed by atoms with Crippen molar-refractivity contribution in [2.45, 2.75) is 18.9 Å². The van der Waals surface area contributed by atoms with Crippen LogP contribution in [0.15, 0.2) is 78.9 Å². The van der Waals surface area contributed by atoms with Gasteiger partial charge in [0.05, 0.1) is 11.1 Å². The SMILES string of the molecule is C[N+]1=C2c3ccccc3C(=O)N(Cc3ccccc3)C[C@@]2(C)c2ccccc21.F[B-](F)(F)F. The number of nitrogens with zero attached hydrogens (tertiary/aromatic N) is 2. The summed E-state index contributed by atoms with van der Waals surface area (Å²) in [7, 11) is -3.88. The Hall–Kier alpha value is -3.42. The summed E-state index contributed by atoms with van der Waals surface area (Å²) in [5, 5.41) is 0. The molecule has 0 saturated heterocycles. The average Bonchev–Trinajstić information content (AvgIpc) is 2.93. The zero-order valence-corrected chi connectivity index (χ0v) is 18.3. The molecule has 2 aliphatic rings. The number of para-hydroxylation sites is 1. The number of benzene rings is 3. The Morgan fingerprint density at radius 3 is 2.09 bits per heavy atom. The van der Waals surface area contributed by atoms with Crippen LogP contribution in [-0.4, -0.2) is 41.9 Å². The van der Waals surface area contributed by atoms with E-state index in [0.717, 1.165) is 16.7 Å². The normalized spacial score (nSPS) is 19.2. The first-order chi connectivity index (χ1) is 15.6. The van der Waals surface area contributed by atoms with E-state index < -0.39 is 7.25 Å². The molecule has 0 aliphatic carbocycles. The van der Waals surface area contributed by atoms with E-state index in [1.54, 1.807) is 0 Å². The third-order valence-corrected chi connectivity index (χ3v) is 6.14. The smallest absolute Gasteiger partial charge is 0.418 e. The maximum Gasteiger partial charge on any atom is 0.673 e. The molecule has 0 fully saturated rings. The van der Waals surface area contributed by atoms with Crippen molar-refractivity contribution in [3.05, 3.63) is 101 Å². The van der Waals surface area contributed by atoms with Gasteiger partial charge < -0.3 is 22.2 Å². The molecule has 8 heteroatoms. The van der Waals surface area contributed by atoms with Crippen LogP contribution >= 0.6 is 0 Å². The van der Waals surface area contributed by atoms with E-state index in [0.29, 0.717) is 13.1 Å². The van der Waals surface area contributed by atoms with Gasteiger partial charge in [0, 0.05) is 24.7 Å². The summed E-state index contributed by atoms with van der Waals surface area (Å²) in [4.78, 5) is 15.5. The van der Waals surface area contributed by atoms with E-state index >= 15 is 0 Å². The topological polar surface area (TPSA) is 23.3 Å². The van der Waals surface area contributed by atoms with Gasteiger partial charge in [0.2, 0.25) is 11.4 Å². The lowest BCUT2D eigenvalue weighted by molar-refractivity contribution is -0.401. The Morgan fingerprint density at radius 1 is 0.879 bits per heavy atom. The number of halogens is 4. The van der Waals surface area contributed by atoms with Gasteiger partial charge in [0.15, 0.2) is 0 Å². The maximum atomic E-state index is 13.5. The van der Waals surface area contributed by atoms with Gasteiger partial charge in [-0.2, -0.15) is 4.58 Å². The molecular formula is C25H23BF4N2O. The highest BCUT2D eigenvalue weighted by atomic mass is 19.5. The van der Waals surface area contributed by atoms with Crippen molar-refractivity contribution in [3.8, 4) is 0 Å². The number of amides is 1. The summed E-state index contributed by atoms with van der Waals surface area (Å²) < 4.78 is 41.3.